The van der Waals surface area contributed by atoms with E-state index >= 15 is 0 Å². The SMILES string of the molecule is CC(C)(C)OC(=O)Nc1ccccc1CCC#N. The van der Waals surface area contributed by atoms with Crippen LogP contribution in [0.1, 0.15) is 32.8 Å². The molecule has 1 rings (SSSR count). The zero-order valence-electron chi connectivity index (χ0n) is 11.0. The molecular weight excluding hydrogens is 228 g/mol. The highest BCUT2D eigenvalue weighted by Gasteiger charge is 2.16. The summed E-state index contributed by atoms with van der Waals surface area (Å²) in [6.45, 7) is 5.44. The molecule has 1 aromatic rings. The standard InChI is InChI=1S/C14H18N2O2/c1-14(2,3)18-13(17)16-12-9-5-4-7-11(12)8-6-10-15/h4-5,7,9H,6,8H2,1-3H3,(H,16,17). The molecule has 0 spiro atoms. The lowest BCUT2D eigenvalue weighted by atomic mass is 10.1. The highest BCUT2D eigenvalue weighted by molar-refractivity contribution is 5.85. The average molecular weight is 246 g/mol. The molecule has 1 amide bonds. The Kier molecular flexibility index (Phi) is 4.73. The summed E-state index contributed by atoms with van der Waals surface area (Å²) < 4.78 is 5.19. The first-order chi connectivity index (χ1) is 8.42. The molecule has 0 saturated heterocycles. The minimum atomic E-state index is -0.522. The van der Waals surface area contributed by atoms with Gasteiger partial charge in [-0.15, -0.1) is 0 Å². The minimum Gasteiger partial charge on any atom is -0.444 e. The fourth-order valence-electron chi connectivity index (χ4n) is 1.46. The van der Waals surface area contributed by atoms with E-state index < -0.39 is 11.7 Å². The van der Waals surface area contributed by atoms with Crippen molar-refractivity contribution < 1.29 is 9.53 Å². The number of rotatable bonds is 3. The van der Waals surface area contributed by atoms with Crippen LogP contribution in [-0.2, 0) is 11.2 Å². The van der Waals surface area contributed by atoms with Crippen molar-refractivity contribution in [2.75, 3.05) is 5.32 Å². The molecule has 0 unspecified atom stereocenters. The van der Waals surface area contributed by atoms with Crippen LogP contribution in [0.2, 0.25) is 0 Å². The Hall–Kier alpha value is -2.02. The molecule has 1 aromatic carbocycles. The lowest BCUT2D eigenvalue weighted by Crippen LogP contribution is -2.27. The fraction of sp³-hybridized carbons (Fsp3) is 0.429. The van der Waals surface area contributed by atoms with Gasteiger partial charge in [-0.05, 0) is 38.8 Å². The van der Waals surface area contributed by atoms with Gasteiger partial charge in [0, 0.05) is 12.1 Å². The maximum absolute atomic E-state index is 11.7. The van der Waals surface area contributed by atoms with Crippen LogP contribution in [0.4, 0.5) is 10.5 Å². The first kappa shape index (κ1) is 14.0. The van der Waals surface area contributed by atoms with Gasteiger partial charge in [0.15, 0.2) is 0 Å². The van der Waals surface area contributed by atoms with E-state index in [1.807, 2.05) is 39.0 Å². The third-order valence-electron chi connectivity index (χ3n) is 2.16. The van der Waals surface area contributed by atoms with E-state index in [0.717, 1.165) is 5.56 Å². The highest BCUT2D eigenvalue weighted by atomic mass is 16.6. The van der Waals surface area contributed by atoms with E-state index in [1.165, 1.54) is 0 Å². The topological polar surface area (TPSA) is 62.1 Å². The summed E-state index contributed by atoms with van der Waals surface area (Å²) >= 11 is 0. The lowest BCUT2D eigenvalue weighted by Gasteiger charge is -2.20. The first-order valence-corrected chi connectivity index (χ1v) is 5.87. The molecule has 96 valence electrons. The largest absolute Gasteiger partial charge is 0.444 e. The molecule has 0 aliphatic rings. The summed E-state index contributed by atoms with van der Waals surface area (Å²) in [6, 6.07) is 9.50. The Labute approximate surface area is 108 Å². The second-order valence-electron chi connectivity index (χ2n) is 4.94. The maximum Gasteiger partial charge on any atom is 0.412 e. The van der Waals surface area contributed by atoms with Crippen molar-refractivity contribution in [1.29, 1.82) is 5.26 Å². The van der Waals surface area contributed by atoms with Crippen LogP contribution in [0.5, 0.6) is 0 Å². The number of nitrogens with zero attached hydrogens (tertiary/aromatic N) is 1. The Morgan fingerprint density at radius 1 is 1.39 bits per heavy atom. The molecule has 4 nitrogen and oxygen atoms in total. The Morgan fingerprint density at radius 3 is 2.67 bits per heavy atom. The van der Waals surface area contributed by atoms with Gasteiger partial charge in [0.1, 0.15) is 5.60 Å². The molecule has 0 heterocycles. The number of anilines is 1. The Bertz CT molecular complexity index is 456. The molecule has 0 saturated carbocycles. The van der Waals surface area contributed by atoms with Crippen LogP contribution in [0, 0.1) is 11.3 Å². The number of hydrogen-bond acceptors (Lipinski definition) is 3. The Morgan fingerprint density at radius 2 is 2.06 bits per heavy atom. The zero-order valence-corrected chi connectivity index (χ0v) is 11.0. The van der Waals surface area contributed by atoms with Crippen LogP contribution in [0.15, 0.2) is 24.3 Å². The van der Waals surface area contributed by atoms with Crippen molar-refractivity contribution in [1.82, 2.24) is 0 Å². The monoisotopic (exact) mass is 246 g/mol. The average Bonchev–Trinajstić information content (AvgIpc) is 2.25. The van der Waals surface area contributed by atoms with Gasteiger partial charge in [-0.2, -0.15) is 5.26 Å². The minimum absolute atomic E-state index is 0.424. The number of benzene rings is 1. The van der Waals surface area contributed by atoms with E-state index in [9.17, 15) is 4.79 Å². The predicted octanol–water partition coefficient (Wildman–Crippen LogP) is 3.49. The molecule has 4 heteroatoms. The number of hydrogen-bond donors (Lipinski definition) is 1. The number of carbonyl (C=O) groups is 1. The molecule has 0 atom stereocenters. The molecule has 0 aliphatic carbocycles. The van der Waals surface area contributed by atoms with Gasteiger partial charge < -0.3 is 4.74 Å². The third kappa shape index (κ3) is 4.88. The molecule has 0 radical (unpaired) electrons. The number of para-hydroxylation sites is 1. The number of carbonyl (C=O) groups excluding carboxylic acids is 1. The predicted molar refractivity (Wildman–Crippen MR) is 70.2 cm³/mol. The van der Waals surface area contributed by atoms with Gasteiger partial charge in [-0.25, -0.2) is 4.79 Å². The number of aryl methyl sites for hydroxylation is 1. The van der Waals surface area contributed by atoms with Crippen molar-refractivity contribution in [2.24, 2.45) is 0 Å². The van der Waals surface area contributed by atoms with E-state index in [1.54, 1.807) is 6.07 Å². The van der Waals surface area contributed by atoms with Crippen LogP contribution < -0.4 is 5.32 Å². The molecule has 0 fully saturated rings. The number of nitrogens with one attached hydrogen (secondary N) is 1. The van der Waals surface area contributed by atoms with Crippen LogP contribution in [-0.4, -0.2) is 11.7 Å². The summed E-state index contributed by atoms with van der Waals surface area (Å²) in [4.78, 5) is 11.7. The lowest BCUT2D eigenvalue weighted by molar-refractivity contribution is 0.0636. The van der Waals surface area contributed by atoms with E-state index in [4.69, 9.17) is 10.00 Å². The van der Waals surface area contributed by atoms with Gasteiger partial charge >= 0.3 is 6.09 Å². The smallest absolute Gasteiger partial charge is 0.412 e. The molecular formula is C14H18N2O2. The van der Waals surface area contributed by atoms with E-state index in [-0.39, 0.29) is 0 Å². The van der Waals surface area contributed by atoms with Crippen LogP contribution >= 0.6 is 0 Å². The normalized spacial score (nSPS) is 10.6. The van der Waals surface area contributed by atoms with Gasteiger partial charge in [-0.1, -0.05) is 18.2 Å². The second-order valence-corrected chi connectivity index (χ2v) is 4.94. The summed E-state index contributed by atoms with van der Waals surface area (Å²) in [5.41, 5.74) is 1.11. The van der Waals surface area contributed by atoms with Crippen molar-refractivity contribution in [3.05, 3.63) is 29.8 Å². The van der Waals surface area contributed by atoms with Gasteiger partial charge in [0.25, 0.3) is 0 Å². The van der Waals surface area contributed by atoms with Gasteiger partial charge in [0.2, 0.25) is 0 Å². The molecule has 0 aliphatic heterocycles. The van der Waals surface area contributed by atoms with Crippen LogP contribution in [0.3, 0.4) is 0 Å². The van der Waals surface area contributed by atoms with Crippen molar-refractivity contribution >= 4 is 11.8 Å². The van der Waals surface area contributed by atoms with E-state index in [2.05, 4.69) is 11.4 Å². The second kappa shape index (κ2) is 6.06. The summed E-state index contributed by atoms with van der Waals surface area (Å²) in [7, 11) is 0. The number of amides is 1. The first-order valence-electron chi connectivity index (χ1n) is 5.87. The number of nitriles is 1. The quantitative estimate of drug-likeness (QED) is 0.888. The summed E-state index contributed by atoms with van der Waals surface area (Å²) in [5, 5.41) is 11.3. The zero-order chi connectivity index (χ0) is 13.6. The Balaban J connectivity index is 2.72. The molecule has 0 bridgehead atoms. The van der Waals surface area contributed by atoms with Crippen molar-refractivity contribution in [3.63, 3.8) is 0 Å². The molecule has 18 heavy (non-hydrogen) atoms. The maximum atomic E-state index is 11.7. The van der Waals surface area contributed by atoms with E-state index in [0.29, 0.717) is 18.5 Å². The molecule has 0 aromatic heterocycles. The van der Waals surface area contributed by atoms with Crippen LogP contribution in [0.25, 0.3) is 0 Å². The number of ether oxygens (including phenoxy) is 1. The summed E-state index contributed by atoms with van der Waals surface area (Å²) in [5.74, 6) is 0. The third-order valence-corrected chi connectivity index (χ3v) is 2.16. The molecule has 1 N–H and O–H groups in total. The van der Waals surface area contributed by atoms with Crippen molar-refractivity contribution in [2.45, 2.75) is 39.2 Å². The summed E-state index contributed by atoms with van der Waals surface area (Å²) in [6.07, 6.45) is 0.557. The van der Waals surface area contributed by atoms with Gasteiger partial charge in [-0.3, -0.25) is 5.32 Å². The van der Waals surface area contributed by atoms with Crippen molar-refractivity contribution in [3.8, 4) is 6.07 Å². The highest BCUT2D eigenvalue weighted by Crippen LogP contribution is 2.18. The fourth-order valence-corrected chi connectivity index (χ4v) is 1.46. The van der Waals surface area contributed by atoms with Gasteiger partial charge in [0.05, 0.1) is 6.07 Å².